The monoisotopic (exact) mass is 385 g/mol. The van der Waals surface area contributed by atoms with Gasteiger partial charge >= 0.3 is 0 Å². The third kappa shape index (κ3) is 4.77. The topological polar surface area (TPSA) is 81.2 Å². The van der Waals surface area contributed by atoms with Crippen molar-refractivity contribution in [3.8, 4) is 11.5 Å². The van der Waals surface area contributed by atoms with E-state index in [0.29, 0.717) is 40.5 Å². The molecule has 0 unspecified atom stereocenters. The fourth-order valence-electron chi connectivity index (χ4n) is 2.48. The van der Waals surface area contributed by atoms with E-state index in [1.807, 2.05) is 31.2 Å². The van der Waals surface area contributed by atoms with Crippen LogP contribution < -0.4 is 20.1 Å². The quantitative estimate of drug-likeness (QED) is 0.630. The predicted octanol–water partition coefficient (Wildman–Crippen LogP) is 4.21. The van der Waals surface area contributed by atoms with Crippen LogP contribution in [0.1, 0.15) is 11.4 Å². The standard InChI is InChI=1S/C19H20ClN5O2/c1-12-8-18(24-15-10-16(26-2)14(20)9-17(15)27-3)25-19(23-12)22-11-13-6-4-5-7-21-13/h4-10H,11H2,1-3H3,(H2,22,23,24,25). The zero-order chi connectivity index (χ0) is 19.2. The van der Waals surface area contributed by atoms with E-state index in [4.69, 9.17) is 21.1 Å². The lowest BCUT2D eigenvalue weighted by Crippen LogP contribution is -2.07. The van der Waals surface area contributed by atoms with Crippen molar-refractivity contribution in [1.29, 1.82) is 0 Å². The molecule has 8 heteroatoms. The zero-order valence-electron chi connectivity index (χ0n) is 15.3. The first-order valence-electron chi connectivity index (χ1n) is 8.27. The minimum atomic E-state index is 0.469. The molecule has 3 rings (SSSR count). The number of methoxy groups -OCH3 is 2. The summed E-state index contributed by atoms with van der Waals surface area (Å²) in [6, 6.07) is 11.0. The van der Waals surface area contributed by atoms with Crippen LogP contribution in [0.4, 0.5) is 17.5 Å². The molecule has 2 N–H and O–H groups in total. The average Bonchev–Trinajstić information content (AvgIpc) is 2.68. The Morgan fingerprint density at radius 1 is 1.04 bits per heavy atom. The van der Waals surface area contributed by atoms with E-state index in [1.165, 1.54) is 0 Å². The number of aromatic nitrogens is 3. The average molecular weight is 386 g/mol. The van der Waals surface area contributed by atoms with Crippen LogP contribution in [-0.2, 0) is 6.54 Å². The van der Waals surface area contributed by atoms with Crippen LogP contribution >= 0.6 is 11.6 Å². The molecule has 2 aromatic heterocycles. The van der Waals surface area contributed by atoms with Gasteiger partial charge in [0.1, 0.15) is 17.3 Å². The second-order valence-corrected chi connectivity index (χ2v) is 6.11. The van der Waals surface area contributed by atoms with Crippen molar-refractivity contribution in [1.82, 2.24) is 15.0 Å². The predicted molar refractivity (Wildman–Crippen MR) is 106 cm³/mol. The minimum absolute atomic E-state index is 0.469. The first kappa shape index (κ1) is 18.7. The Kier molecular flexibility index (Phi) is 5.93. The van der Waals surface area contributed by atoms with Gasteiger partial charge in [-0.1, -0.05) is 17.7 Å². The van der Waals surface area contributed by atoms with Crippen molar-refractivity contribution in [2.45, 2.75) is 13.5 Å². The smallest absolute Gasteiger partial charge is 0.225 e. The van der Waals surface area contributed by atoms with Crippen LogP contribution in [0.3, 0.4) is 0 Å². The maximum absolute atomic E-state index is 6.16. The number of hydrogen-bond acceptors (Lipinski definition) is 7. The molecule has 0 aliphatic heterocycles. The van der Waals surface area contributed by atoms with E-state index in [1.54, 1.807) is 32.5 Å². The van der Waals surface area contributed by atoms with Gasteiger partial charge in [0.25, 0.3) is 0 Å². The fraction of sp³-hybridized carbons (Fsp3) is 0.211. The summed E-state index contributed by atoms with van der Waals surface area (Å²) in [6.45, 7) is 2.43. The number of nitrogens with one attached hydrogen (secondary N) is 2. The van der Waals surface area contributed by atoms with Crippen molar-refractivity contribution in [2.75, 3.05) is 24.9 Å². The van der Waals surface area contributed by atoms with E-state index >= 15 is 0 Å². The van der Waals surface area contributed by atoms with E-state index in [9.17, 15) is 0 Å². The Hall–Kier alpha value is -3.06. The summed E-state index contributed by atoms with van der Waals surface area (Å²) in [4.78, 5) is 13.2. The Morgan fingerprint density at radius 2 is 1.85 bits per heavy atom. The molecule has 0 bridgehead atoms. The van der Waals surface area contributed by atoms with Gasteiger partial charge in [-0.05, 0) is 19.1 Å². The highest BCUT2D eigenvalue weighted by Crippen LogP contribution is 2.37. The summed E-state index contributed by atoms with van der Waals surface area (Å²) in [5.41, 5.74) is 2.41. The van der Waals surface area contributed by atoms with Gasteiger partial charge in [-0.25, -0.2) is 4.98 Å². The van der Waals surface area contributed by atoms with Crippen LogP contribution in [0, 0.1) is 6.92 Å². The molecule has 0 saturated heterocycles. The lowest BCUT2D eigenvalue weighted by Gasteiger charge is -2.14. The van der Waals surface area contributed by atoms with Crippen molar-refractivity contribution >= 4 is 29.1 Å². The molecule has 0 aliphatic rings. The maximum Gasteiger partial charge on any atom is 0.225 e. The van der Waals surface area contributed by atoms with E-state index in [-0.39, 0.29) is 0 Å². The third-order valence-electron chi connectivity index (χ3n) is 3.74. The largest absolute Gasteiger partial charge is 0.495 e. The molecule has 2 heterocycles. The second-order valence-electron chi connectivity index (χ2n) is 5.70. The van der Waals surface area contributed by atoms with Gasteiger partial charge in [0, 0.05) is 30.1 Å². The number of nitrogens with zero attached hydrogens (tertiary/aromatic N) is 3. The molecule has 0 spiro atoms. The van der Waals surface area contributed by atoms with Gasteiger partial charge in [0.05, 0.1) is 37.2 Å². The lowest BCUT2D eigenvalue weighted by molar-refractivity contribution is 0.405. The van der Waals surface area contributed by atoms with E-state index in [2.05, 4.69) is 25.6 Å². The summed E-state index contributed by atoms with van der Waals surface area (Å²) >= 11 is 6.16. The lowest BCUT2D eigenvalue weighted by atomic mass is 10.2. The maximum atomic E-state index is 6.16. The van der Waals surface area contributed by atoms with Crippen molar-refractivity contribution in [2.24, 2.45) is 0 Å². The van der Waals surface area contributed by atoms with Crippen LogP contribution in [-0.4, -0.2) is 29.2 Å². The Morgan fingerprint density at radius 3 is 2.56 bits per heavy atom. The molecule has 140 valence electrons. The minimum Gasteiger partial charge on any atom is -0.495 e. The number of halogens is 1. The molecule has 0 aliphatic carbocycles. The molecule has 0 fully saturated rings. The summed E-state index contributed by atoms with van der Waals surface area (Å²) in [7, 11) is 3.14. The second kappa shape index (κ2) is 8.55. The van der Waals surface area contributed by atoms with Gasteiger partial charge in [-0.2, -0.15) is 4.98 Å². The van der Waals surface area contributed by atoms with Gasteiger partial charge in [0.2, 0.25) is 5.95 Å². The summed E-state index contributed by atoms with van der Waals surface area (Å²) < 4.78 is 10.7. The summed E-state index contributed by atoms with van der Waals surface area (Å²) in [5.74, 6) is 2.25. The summed E-state index contributed by atoms with van der Waals surface area (Å²) in [6.07, 6.45) is 1.75. The SMILES string of the molecule is COc1cc(Nc2cc(C)nc(NCc3ccccn3)n2)c(OC)cc1Cl. The highest BCUT2D eigenvalue weighted by Gasteiger charge is 2.12. The van der Waals surface area contributed by atoms with Crippen molar-refractivity contribution in [3.05, 3.63) is 59.0 Å². The molecule has 27 heavy (non-hydrogen) atoms. The third-order valence-corrected chi connectivity index (χ3v) is 4.04. The number of benzene rings is 1. The number of hydrogen-bond donors (Lipinski definition) is 2. The highest BCUT2D eigenvalue weighted by atomic mass is 35.5. The number of anilines is 3. The van der Waals surface area contributed by atoms with E-state index in [0.717, 1.165) is 11.4 Å². The number of rotatable bonds is 7. The molecular weight excluding hydrogens is 366 g/mol. The molecule has 3 aromatic rings. The van der Waals surface area contributed by atoms with Crippen molar-refractivity contribution < 1.29 is 9.47 Å². The highest BCUT2D eigenvalue weighted by molar-refractivity contribution is 6.32. The normalized spacial score (nSPS) is 10.4. The number of pyridine rings is 1. The van der Waals surface area contributed by atoms with Gasteiger partial charge in [-0.3, -0.25) is 4.98 Å². The van der Waals surface area contributed by atoms with Crippen molar-refractivity contribution in [3.63, 3.8) is 0 Å². The number of ether oxygens (including phenoxy) is 2. The van der Waals surface area contributed by atoms with E-state index < -0.39 is 0 Å². The molecule has 0 saturated carbocycles. The fourth-order valence-corrected chi connectivity index (χ4v) is 2.71. The summed E-state index contributed by atoms with van der Waals surface area (Å²) in [5, 5.41) is 6.89. The van der Waals surface area contributed by atoms with Crippen LogP contribution in [0.15, 0.2) is 42.6 Å². The van der Waals surface area contributed by atoms with Crippen LogP contribution in [0.25, 0.3) is 0 Å². The number of aryl methyl sites for hydroxylation is 1. The van der Waals surface area contributed by atoms with Crippen LogP contribution in [0.5, 0.6) is 11.5 Å². The molecule has 0 amide bonds. The Labute approximate surface area is 162 Å². The molecular formula is C19H20ClN5O2. The molecule has 0 atom stereocenters. The van der Waals surface area contributed by atoms with Gasteiger partial charge in [-0.15, -0.1) is 0 Å². The first-order valence-corrected chi connectivity index (χ1v) is 8.65. The molecule has 1 aromatic carbocycles. The first-order chi connectivity index (χ1) is 13.1. The van der Waals surface area contributed by atoms with Crippen LogP contribution in [0.2, 0.25) is 5.02 Å². The molecule has 7 nitrogen and oxygen atoms in total. The Balaban J connectivity index is 1.82. The van der Waals surface area contributed by atoms with Gasteiger partial charge in [0.15, 0.2) is 0 Å². The Bertz CT molecular complexity index is 921. The molecule has 0 radical (unpaired) electrons. The zero-order valence-corrected chi connectivity index (χ0v) is 16.0. The van der Waals surface area contributed by atoms with Gasteiger partial charge < -0.3 is 20.1 Å².